The number of carbonyl (C=O) groups is 18. The van der Waals surface area contributed by atoms with E-state index >= 15 is 9.59 Å². The number of hydrogen-bond acceptors (Lipinski definition) is 22. The average molecular weight is 1800 g/mol. The molecule has 2 aliphatic heterocycles. The van der Waals surface area contributed by atoms with E-state index in [4.69, 9.17) is 17.2 Å². The van der Waals surface area contributed by atoms with E-state index in [1.807, 2.05) is 0 Å². The van der Waals surface area contributed by atoms with Crippen LogP contribution in [0.1, 0.15) is 94.2 Å². The Morgan fingerprint density at radius 2 is 0.946 bits per heavy atom. The summed E-state index contributed by atoms with van der Waals surface area (Å²) in [5.74, 6) is -20.7. The minimum atomic E-state index is -1.96. The van der Waals surface area contributed by atoms with Gasteiger partial charge in [0, 0.05) is 91.2 Å². The lowest BCUT2D eigenvalue weighted by Crippen LogP contribution is -2.62. The molecule has 690 valence electrons. The SMILES string of the molecule is CC(C)C[C@@H]1NC(=O)[C@H](Cc2c[nH]c3ccccc23)NC(=O)[C@H](CO)NC(=O)[C@@H]2CCCN2C(=O)[C@H](Cc2c[nH]c3ccccc23)NC(=O)[C@H](CC(N)=O)NC(=O)[C@H](CO)NC(=O)[C@H](Cc2ccccc2)NC(=O)CSC[C@@H](C(=O)NCC(N)=O)NC(=O)[C@H](CCC(N)=O)NC(=O)[C@H](Cc2ccccc2)NC(=O)CNC(=O)[C@H](C(C)C)NC(=O)[C@H](Cc2c[nH]cn2)NC1=O. The van der Waals surface area contributed by atoms with Crippen LogP contribution in [0.25, 0.3) is 21.8 Å². The van der Waals surface area contributed by atoms with E-state index in [0.717, 1.165) is 4.90 Å². The van der Waals surface area contributed by atoms with Crippen molar-refractivity contribution in [3.63, 3.8) is 0 Å². The highest BCUT2D eigenvalue weighted by atomic mass is 32.2. The van der Waals surface area contributed by atoms with Gasteiger partial charge < -0.3 is 122 Å². The number of carbonyl (C=O) groups excluding carboxylic acids is 18. The summed E-state index contributed by atoms with van der Waals surface area (Å²) in [7, 11) is 0. The summed E-state index contributed by atoms with van der Waals surface area (Å²) in [6, 6.07) is 8.69. The van der Waals surface area contributed by atoms with E-state index in [1.54, 1.807) is 149 Å². The number of amides is 18. The van der Waals surface area contributed by atoms with Crippen LogP contribution < -0.4 is 91.6 Å². The third kappa shape index (κ3) is 29.5. The van der Waals surface area contributed by atoms with Crippen LogP contribution in [0.3, 0.4) is 0 Å². The number of fused-ring (bicyclic) bond motifs is 3. The number of hydrogen-bond donors (Lipinski definition) is 22. The molecule has 18 amide bonds. The maximum atomic E-state index is 15.4. The van der Waals surface area contributed by atoms with Crippen LogP contribution in [0.2, 0.25) is 0 Å². The molecule has 2 fully saturated rings. The highest BCUT2D eigenvalue weighted by Crippen LogP contribution is 2.26. The molecule has 0 unspecified atom stereocenters. The lowest BCUT2D eigenvalue weighted by atomic mass is 9.99. The Morgan fingerprint density at radius 1 is 0.481 bits per heavy atom. The molecule has 0 bridgehead atoms. The summed E-state index contributed by atoms with van der Waals surface area (Å²) in [6.45, 7) is 2.64. The van der Waals surface area contributed by atoms with Crippen molar-refractivity contribution in [1.82, 2.24) is 99.3 Å². The van der Waals surface area contributed by atoms with E-state index in [1.165, 1.54) is 12.5 Å². The van der Waals surface area contributed by atoms with E-state index < -0.39 is 248 Å². The number of aromatic nitrogens is 4. The first kappa shape index (κ1) is 98.7. The number of nitrogens with two attached hydrogens (primary N) is 3. The number of aromatic amines is 3. The molecule has 3 aromatic heterocycles. The van der Waals surface area contributed by atoms with Gasteiger partial charge in [0.25, 0.3) is 0 Å². The number of imidazole rings is 1. The molecular formula is C86H110N22O20S. The van der Waals surface area contributed by atoms with Crippen molar-refractivity contribution < 1.29 is 96.5 Å². The zero-order valence-corrected chi connectivity index (χ0v) is 72.2. The number of para-hydroxylation sites is 2. The maximum absolute atomic E-state index is 15.4. The predicted molar refractivity (Wildman–Crippen MR) is 468 cm³/mol. The number of primary amides is 3. The zero-order valence-electron chi connectivity index (χ0n) is 71.4. The van der Waals surface area contributed by atoms with Crippen LogP contribution in [0, 0.1) is 11.8 Å². The largest absolute Gasteiger partial charge is 0.394 e. The summed E-state index contributed by atoms with van der Waals surface area (Å²) in [6.07, 6.45) is 2.51. The Balaban J connectivity index is 1.06. The fourth-order valence-electron chi connectivity index (χ4n) is 14.7. The van der Waals surface area contributed by atoms with Crippen LogP contribution in [-0.4, -0.2) is 264 Å². The van der Waals surface area contributed by atoms with Crippen LogP contribution in [-0.2, 0) is 118 Å². The molecule has 42 nitrogen and oxygen atoms in total. The van der Waals surface area contributed by atoms with Gasteiger partial charge in [0.05, 0.1) is 50.5 Å². The first-order valence-corrected chi connectivity index (χ1v) is 43.1. The van der Waals surface area contributed by atoms with E-state index in [9.17, 15) is 86.9 Å². The van der Waals surface area contributed by atoms with Crippen molar-refractivity contribution in [3.8, 4) is 0 Å². The molecule has 5 heterocycles. The first-order chi connectivity index (χ1) is 61.6. The Hall–Kier alpha value is -14.1. The van der Waals surface area contributed by atoms with Crippen molar-refractivity contribution in [3.05, 3.63) is 162 Å². The number of rotatable bonds is 23. The second kappa shape index (κ2) is 48.0. The van der Waals surface area contributed by atoms with Crippen molar-refractivity contribution >= 4 is 140 Å². The summed E-state index contributed by atoms with van der Waals surface area (Å²) in [5, 5.41) is 58.4. The van der Waals surface area contributed by atoms with Gasteiger partial charge in [0.2, 0.25) is 106 Å². The fraction of sp³-hybridized carbons (Fsp3) is 0.430. The Morgan fingerprint density at radius 3 is 1.48 bits per heavy atom. The number of benzene rings is 4. The summed E-state index contributed by atoms with van der Waals surface area (Å²) in [5.41, 5.74) is 20.0. The lowest BCUT2D eigenvalue weighted by Gasteiger charge is -2.31. The lowest BCUT2D eigenvalue weighted by molar-refractivity contribution is -0.143. The normalized spacial score (nSPS) is 23.5. The minimum Gasteiger partial charge on any atom is -0.394 e. The van der Waals surface area contributed by atoms with E-state index in [0.29, 0.717) is 55.8 Å². The molecule has 0 radical (unpaired) electrons. The van der Waals surface area contributed by atoms with Crippen LogP contribution in [0.4, 0.5) is 0 Å². The molecule has 2 saturated heterocycles. The second-order valence-corrected chi connectivity index (χ2v) is 33.1. The van der Waals surface area contributed by atoms with E-state index in [2.05, 4.69) is 94.4 Å². The Kier molecular flexibility index (Phi) is 36.7. The summed E-state index contributed by atoms with van der Waals surface area (Å²) >= 11 is 0.699. The van der Waals surface area contributed by atoms with Gasteiger partial charge >= 0.3 is 0 Å². The molecule has 13 atom stereocenters. The maximum Gasteiger partial charge on any atom is 0.246 e. The van der Waals surface area contributed by atoms with Gasteiger partial charge in [-0.3, -0.25) is 86.3 Å². The zero-order chi connectivity index (χ0) is 93.5. The third-order valence-corrected chi connectivity index (χ3v) is 22.4. The van der Waals surface area contributed by atoms with Gasteiger partial charge in [0.15, 0.2) is 0 Å². The highest BCUT2D eigenvalue weighted by molar-refractivity contribution is 8.00. The first-order valence-electron chi connectivity index (χ1n) is 41.9. The van der Waals surface area contributed by atoms with Crippen LogP contribution >= 0.6 is 11.8 Å². The van der Waals surface area contributed by atoms with Gasteiger partial charge in [-0.15, -0.1) is 11.8 Å². The van der Waals surface area contributed by atoms with E-state index in [-0.39, 0.29) is 69.5 Å². The number of nitrogens with zero attached hydrogens (tertiary/aromatic N) is 2. The number of aliphatic hydroxyl groups excluding tert-OH is 2. The summed E-state index contributed by atoms with van der Waals surface area (Å²) in [4.78, 5) is 271. The Bertz CT molecular complexity index is 5170. The highest BCUT2D eigenvalue weighted by Gasteiger charge is 2.43. The second-order valence-electron chi connectivity index (χ2n) is 32.1. The molecule has 4 aromatic carbocycles. The molecule has 0 aliphatic carbocycles. The van der Waals surface area contributed by atoms with Gasteiger partial charge in [-0.1, -0.05) is 125 Å². The molecule has 25 N–H and O–H groups in total. The fourth-order valence-corrected chi connectivity index (χ4v) is 15.6. The molecule has 9 rings (SSSR count). The molecular weight excluding hydrogens is 1690 g/mol. The van der Waals surface area contributed by atoms with Gasteiger partial charge in [-0.25, -0.2) is 4.98 Å². The van der Waals surface area contributed by atoms with Crippen LogP contribution in [0.15, 0.2) is 134 Å². The smallest absolute Gasteiger partial charge is 0.246 e. The monoisotopic (exact) mass is 1800 g/mol. The molecule has 7 aromatic rings. The quantitative estimate of drug-likeness (QED) is 0.0285. The number of H-pyrrole nitrogens is 3. The van der Waals surface area contributed by atoms with Crippen molar-refractivity contribution in [2.24, 2.45) is 29.0 Å². The molecule has 0 spiro atoms. The molecule has 43 heteroatoms. The van der Waals surface area contributed by atoms with Crippen LogP contribution in [0.5, 0.6) is 0 Å². The number of thioether (sulfide) groups is 1. The predicted octanol–water partition coefficient (Wildman–Crippen LogP) is -5.01. The van der Waals surface area contributed by atoms with Gasteiger partial charge in [0.1, 0.15) is 78.5 Å². The molecule has 0 saturated carbocycles. The minimum absolute atomic E-state index is 0.0395. The third-order valence-electron chi connectivity index (χ3n) is 21.3. The van der Waals surface area contributed by atoms with Crippen molar-refractivity contribution in [2.75, 3.05) is 44.4 Å². The Labute approximate surface area is 744 Å². The average Bonchev–Trinajstić information content (AvgIpc) is 1.68. The molecule has 2 aliphatic rings. The van der Waals surface area contributed by atoms with Crippen molar-refractivity contribution in [1.29, 1.82) is 0 Å². The number of aliphatic hydroxyl groups is 2. The van der Waals surface area contributed by atoms with Crippen molar-refractivity contribution in [2.45, 2.75) is 177 Å². The summed E-state index contributed by atoms with van der Waals surface area (Å²) < 4.78 is 0. The topological polar surface area (TPSA) is 658 Å². The molecule has 129 heavy (non-hydrogen) atoms. The number of nitrogens with one attached hydrogen (secondary N) is 17. The van der Waals surface area contributed by atoms with Gasteiger partial charge in [-0.05, 0) is 71.9 Å². The standard InChI is InChI=1S/C86H110N22O20S/c1-45(2)28-57-76(118)101-61(33-51-37-90-44-95-51)81(123)107-73(46(3)4)85(127)94-39-71(114)96-58(29-47-16-7-5-8-17-47)77(119)98-56(25-26-68(87)111)75(117)106-66(74(116)93-38-70(89)113)42-129-43-72(115)97-59(30-48-18-9-6-10-19-48)78(120)104-64(40-109)82(124)102-62(34-69(88)112)80(122)103-63(32-50-36-92-55-23-14-12-21-53(50)55)86(128)108-27-15-24-67(108)84(126)105-65(41-110)83(125)100-60(79(121)99-57)31-49-35-91-54-22-13-11-20-52(49)54/h5-14,16-23,35-37,44-46,56-67,73,91-92,109-110H,15,24-34,38-43H2,1-4H3,(H2,87,111)(H2,88,112)(H2,89,113)(H,90,95)(H,93,116)(H,94,127)(H,96,114)(H,97,115)(H,98,119)(H,99,121)(H,100,125)(H,101,118)(H,102,124)(H,103,122)(H,104,120)(H,105,126)(H,106,117)(H,107,123)/t56-,57-,58-,59-,60-,61-,62-,63-,64-,65-,66-,67-,73-/m0/s1. The van der Waals surface area contributed by atoms with Gasteiger partial charge in [-0.2, -0.15) is 0 Å².